The monoisotopic (exact) mass is 550 g/mol. The zero-order valence-electron chi connectivity index (χ0n) is 21.6. The predicted molar refractivity (Wildman–Crippen MR) is 157 cm³/mol. The predicted octanol–water partition coefficient (Wildman–Crippen LogP) is 5.52. The Hall–Kier alpha value is -5.02. The van der Waals surface area contributed by atoms with Crippen molar-refractivity contribution in [2.24, 2.45) is 0 Å². The quantitative estimate of drug-likeness (QED) is 0.280. The Bertz CT molecular complexity index is 2000. The van der Waals surface area contributed by atoms with E-state index in [-0.39, 0.29) is 11.0 Å². The van der Waals surface area contributed by atoms with Crippen LogP contribution in [0.15, 0.2) is 95.0 Å². The Morgan fingerprint density at radius 2 is 1.80 bits per heavy atom. The van der Waals surface area contributed by atoms with E-state index in [0.717, 1.165) is 5.56 Å². The number of ether oxygens (including phenoxy) is 1. The Balaban J connectivity index is 1.62. The molecule has 0 aliphatic carbocycles. The summed E-state index contributed by atoms with van der Waals surface area (Å²) in [6.45, 7) is 1.87. The minimum atomic E-state index is -0.535. The molecule has 0 aliphatic heterocycles. The number of hydrogen-bond acceptors (Lipinski definition) is 7. The molecule has 0 aliphatic rings. The van der Waals surface area contributed by atoms with Crippen LogP contribution < -0.4 is 21.0 Å². The standard InChI is InChI=1S/C30H23ClN6O3/c1-17(36-29-25-22(38)12-14-33-28(25)34-16-35-29)27-26(31)21-10-6-9-20(18-11-13-32-23(15-18)40-2)24(21)30(39)37(27)19-7-4-3-5-8-19/h3-17H,1-2H3,(H2,33,34,35,36,38)/t17-/m0/s1. The fourth-order valence-corrected chi connectivity index (χ4v) is 5.37. The lowest BCUT2D eigenvalue weighted by atomic mass is 9.98. The van der Waals surface area contributed by atoms with Crippen molar-refractivity contribution in [3.8, 4) is 22.7 Å². The fourth-order valence-electron chi connectivity index (χ4n) is 4.96. The van der Waals surface area contributed by atoms with Crippen LogP contribution in [0.5, 0.6) is 5.88 Å². The molecule has 0 bridgehead atoms. The first-order chi connectivity index (χ1) is 19.5. The molecule has 0 fully saturated rings. The molecule has 0 spiro atoms. The third-order valence-electron chi connectivity index (χ3n) is 6.76. The lowest BCUT2D eigenvalue weighted by molar-refractivity contribution is 0.398. The molecule has 6 rings (SSSR count). The zero-order chi connectivity index (χ0) is 27.8. The normalized spacial score (nSPS) is 12.0. The summed E-state index contributed by atoms with van der Waals surface area (Å²) in [6, 6.07) is 19.4. The molecule has 2 aromatic carbocycles. The van der Waals surface area contributed by atoms with Crippen LogP contribution in [0.3, 0.4) is 0 Å². The number of halogens is 1. The van der Waals surface area contributed by atoms with Crippen molar-refractivity contribution in [2.45, 2.75) is 13.0 Å². The maximum atomic E-state index is 14.4. The number of benzene rings is 2. The minimum absolute atomic E-state index is 0.230. The average molecular weight is 551 g/mol. The summed E-state index contributed by atoms with van der Waals surface area (Å²) in [7, 11) is 1.55. The smallest absolute Gasteiger partial charge is 0.263 e. The van der Waals surface area contributed by atoms with Crippen molar-refractivity contribution < 1.29 is 4.74 Å². The molecule has 0 amide bonds. The molecule has 0 saturated heterocycles. The van der Waals surface area contributed by atoms with Gasteiger partial charge < -0.3 is 15.0 Å². The van der Waals surface area contributed by atoms with Gasteiger partial charge in [-0.1, -0.05) is 48.0 Å². The van der Waals surface area contributed by atoms with Gasteiger partial charge in [0.2, 0.25) is 5.88 Å². The highest BCUT2D eigenvalue weighted by Crippen LogP contribution is 2.36. The van der Waals surface area contributed by atoms with Crippen molar-refractivity contribution in [3.63, 3.8) is 0 Å². The third kappa shape index (κ3) is 4.26. The Labute approximate surface area is 233 Å². The second-order valence-corrected chi connectivity index (χ2v) is 9.52. The molecule has 0 saturated carbocycles. The second kappa shape index (κ2) is 10.3. The van der Waals surface area contributed by atoms with Crippen molar-refractivity contribution in [1.29, 1.82) is 0 Å². The SMILES string of the molecule is COc1cc(-c2cccc3c(Cl)c([C@H](C)Nc4ncnc5[nH]ccc(=O)c45)n(-c4ccccc4)c(=O)c23)ccn1. The molecule has 40 heavy (non-hydrogen) atoms. The van der Waals surface area contributed by atoms with Crippen molar-refractivity contribution in [1.82, 2.24) is 24.5 Å². The van der Waals surface area contributed by atoms with E-state index >= 15 is 0 Å². The molecule has 2 N–H and O–H groups in total. The molecule has 4 heterocycles. The third-order valence-corrected chi connectivity index (χ3v) is 7.16. The van der Waals surface area contributed by atoms with E-state index in [4.69, 9.17) is 16.3 Å². The number of rotatable bonds is 6. The molecule has 10 heteroatoms. The highest BCUT2D eigenvalue weighted by atomic mass is 35.5. The summed E-state index contributed by atoms with van der Waals surface area (Å²) in [6.07, 6.45) is 4.54. The van der Waals surface area contributed by atoms with E-state index < -0.39 is 6.04 Å². The van der Waals surface area contributed by atoms with Crippen LogP contribution in [0.4, 0.5) is 5.82 Å². The van der Waals surface area contributed by atoms with Crippen LogP contribution in [-0.4, -0.2) is 31.6 Å². The van der Waals surface area contributed by atoms with E-state index in [1.54, 1.807) is 23.9 Å². The zero-order valence-corrected chi connectivity index (χ0v) is 22.3. The van der Waals surface area contributed by atoms with Crippen LogP contribution >= 0.6 is 11.6 Å². The summed E-state index contributed by atoms with van der Waals surface area (Å²) in [5.74, 6) is 0.769. The van der Waals surface area contributed by atoms with Crippen LogP contribution in [0.25, 0.3) is 38.6 Å². The fraction of sp³-hybridized carbons (Fsp3) is 0.100. The highest BCUT2D eigenvalue weighted by molar-refractivity contribution is 6.36. The molecular formula is C30H23ClN6O3. The first-order valence-corrected chi connectivity index (χ1v) is 12.9. The second-order valence-electron chi connectivity index (χ2n) is 9.14. The number of aromatic nitrogens is 5. The number of pyridine rings is 3. The van der Waals surface area contributed by atoms with E-state index in [1.807, 2.05) is 61.5 Å². The average Bonchev–Trinajstić information content (AvgIpc) is 2.99. The van der Waals surface area contributed by atoms with Crippen molar-refractivity contribution >= 4 is 39.2 Å². The van der Waals surface area contributed by atoms with E-state index in [9.17, 15) is 9.59 Å². The number of fused-ring (bicyclic) bond motifs is 2. The lowest BCUT2D eigenvalue weighted by Gasteiger charge is -2.24. The van der Waals surface area contributed by atoms with Gasteiger partial charge in [-0.2, -0.15) is 0 Å². The van der Waals surface area contributed by atoms with Gasteiger partial charge in [0.25, 0.3) is 5.56 Å². The maximum Gasteiger partial charge on any atom is 0.263 e. The first-order valence-electron chi connectivity index (χ1n) is 12.5. The number of nitrogens with zero attached hydrogens (tertiary/aromatic N) is 4. The number of aromatic amines is 1. The van der Waals surface area contributed by atoms with Gasteiger partial charge in [0.15, 0.2) is 5.43 Å². The number of anilines is 1. The highest BCUT2D eigenvalue weighted by Gasteiger charge is 2.24. The summed E-state index contributed by atoms with van der Waals surface area (Å²) >= 11 is 7.16. The van der Waals surface area contributed by atoms with Gasteiger partial charge in [-0.3, -0.25) is 14.2 Å². The molecule has 198 valence electrons. The van der Waals surface area contributed by atoms with Gasteiger partial charge in [-0.15, -0.1) is 0 Å². The number of methoxy groups -OCH3 is 1. The molecular weight excluding hydrogens is 528 g/mol. The van der Waals surface area contributed by atoms with E-state index in [0.29, 0.717) is 55.5 Å². The molecule has 4 aromatic heterocycles. The number of H-pyrrole nitrogens is 1. The van der Waals surface area contributed by atoms with Gasteiger partial charge >= 0.3 is 0 Å². The first kappa shape index (κ1) is 25.3. The number of nitrogens with one attached hydrogen (secondary N) is 2. The summed E-state index contributed by atoms with van der Waals surface area (Å²) in [5.41, 5.74) is 2.57. The molecule has 0 radical (unpaired) electrons. The van der Waals surface area contributed by atoms with Crippen LogP contribution in [0.1, 0.15) is 18.7 Å². The Kier molecular flexibility index (Phi) is 6.49. The molecule has 1 atom stereocenters. The summed E-state index contributed by atoms with van der Waals surface area (Å²) < 4.78 is 6.93. The molecule has 0 unspecified atom stereocenters. The van der Waals surface area contributed by atoms with Gasteiger partial charge in [0.1, 0.15) is 23.2 Å². The van der Waals surface area contributed by atoms with Crippen LogP contribution in [-0.2, 0) is 0 Å². The van der Waals surface area contributed by atoms with Crippen LogP contribution in [0.2, 0.25) is 5.02 Å². The minimum Gasteiger partial charge on any atom is -0.481 e. The molecule has 9 nitrogen and oxygen atoms in total. The van der Waals surface area contributed by atoms with Gasteiger partial charge in [0.05, 0.1) is 29.3 Å². The molecule has 6 aromatic rings. The lowest BCUT2D eigenvalue weighted by Crippen LogP contribution is -2.27. The number of hydrogen-bond donors (Lipinski definition) is 2. The van der Waals surface area contributed by atoms with Crippen LogP contribution in [0, 0.1) is 0 Å². The van der Waals surface area contributed by atoms with E-state index in [2.05, 4.69) is 25.3 Å². The van der Waals surface area contributed by atoms with Crippen molar-refractivity contribution in [3.05, 3.63) is 117 Å². The van der Waals surface area contributed by atoms with Crippen molar-refractivity contribution in [2.75, 3.05) is 12.4 Å². The van der Waals surface area contributed by atoms with Gasteiger partial charge in [0, 0.05) is 35.6 Å². The van der Waals surface area contributed by atoms with Gasteiger partial charge in [-0.25, -0.2) is 15.0 Å². The largest absolute Gasteiger partial charge is 0.481 e. The summed E-state index contributed by atoms with van der Waals surface area (Å²) in [5, 5.41) is 5.08. The summed E-state index contributed by atoms with van der Waals surface area (Å²) in [4.78, 5) is 42.8. The topological polar surface area (TPSA) is 115 Å². The number of para-hydroxylation sites is 1. The maximum absolute atomic E-state index is 14.4. The van der Waals surface area contributed by atoms with E-state index in [1.165, 1.54) is 18.6 Å². The Morgan fingerprint density at radius 1 is 0.975 bits per heavy atom. The Morgan fingerprint density at radius 3 is 2.60 bits per heavy atom. The van der Waals surface area contributed by atoms with Gasteiger partial charge in [-0.05, 0) is 36.2 Å².